The Labute approximate surface area is 144 Å². The van der Waals surface area contributed by atoms with Gasteiger partial charge in [-0.25, -0.2) is 9.97 Å². The highest BCUT2D eigenvalue weighted by molar-refractivity contribution is 5.12. The third-order valence-corrected chi connectivity index (χ3v) is 4.66. The molecule has 0 radical (unpaired) electrons. The van der Waals surface area contributed by atoms with E-state index in [1.807, 2.05) is 24.8 Å². The molecule has 1 saturated heterocycles. The predicted molar refractivity (Wildman–Crippen MR) is 93.2 cm³/mol. The standard InChI is InChI=1S/C19H26N4O/c1-3-23(14-16-6-9-20-10-7-16)15-17-12-21-18(22-13-17)19(2)8-4-5-11-24-19/h6-7,9-10,12-13H,3-5,8,11,14-15H2,1-2H3. The fraction of sp³-hybridized carbons (Fsp3) is 0.526. The van der Waals surface area contributed by atoms with E-state index in [-0.39, 0.29) is 5.60 Å². The van der Waals surface area contributed by atoms with Crippen LogP contribution >= 0.6 is 0 Å². The average molecular weight is 326 g/mol. The van der Waals surface area contributed by atoms with Crippen molar-refractivity contribution in [3.63, 3.8) is 0 Å². The first-order chi connectivity index (χ1) is 11.7. The van der Waals surface area contributed by atoms with Gasteiger partial charge in [0.25, 0.3) is 0 Å². The van der Waals surface area contributed by atoms with Crippen LogP contribution in [0.3, 0.4) is 0 Å². The molecule has 2 aromatic heterocycles. The van der Waals surface area contributed by atoms with Crippen molar-refractivity contribution in [1.82, 2.24) is 19.9 Å². The van der Waals surface area contributed by atoms with Gasteiger partial charge in [-0.15, -0.1) is 0 Å². The van der Waals surface area contributed by atoms with E-state index in [1.165, 1.54) is 12.0 Å². The first kappa shape index (κ1) is 17.0. The zero-order valence-corrected chi connectivity index (χ0v) is 14.6. The Balaban J connectivity index is 1.64. The highest BCUT2D eigenvalue weighted by Gasteiger charge is 2.32. The van der Waals surface area contributed by atoms with Crippen LogP contribution in [0.5, 0.6) is 0 Å². The summed E-state index contributed by atoms with van der Waals surface area (Å²) in [6.45, 7) is 7.80. The Kier molecular flexibility index (Phi) is 5.53. The summed E-state index contributed by atoms with van der Waals surface area (Å²) in [6, 6.07) is 4.12. The second-order valence-corrected chi connectivity index (χ2v) is 6.61. The van der Waals surface area contributed by atoms with Crippen LogP contribution in [0.1, 0.15) is 50.1 Å². The minimum absolute atomic E-state index is 0.321. The molecule has 0 spiro atoms. The van der Waals surface area contributed by atoms with Gasteiger partial charge in [-0.1, -0.05) is 6.92 Å². The molecule has 5 nitrogen and oxygen atoms in total. The van der Waals surface area contributed by atoms with Crippen molar-refractivity contribution < 1.29 is 4.74 Å². The average Bonchev–Trinajstić information content (AvgIpc) is 2.63. The highest BCUT2D eigenvalue weighted by Crippen LogP contribution is 2.32. The number of aromatic nitrogens is 3. The van der Waals surface area contributed by atoms with Crippen molar-refractivity contribution in [3.05, 3.63) is 53.9 Å². The van der Waals surface area contributed by atoms with E-state index in [9.17, 15) is 0 Å². The maximum atomic E-state index is 5.93. The quantitative estimate of drug-likeness (QED) is 0.815. The lowest BCUT2D eigenvalue weighted by Gasteiger charge is -2.32. The molecule has 2 aromatic rings. The van der Waals surface area contributed by atoms with Gasteiger partial charge >= 0.3 is 0 Å². The largest absolute Gasteiger partial charge is 0.367 e. The molecule has 1 aliphatic heterocycles. The lowest BCUT2D eigenvalue weighted by atomic mass is 9.95. The molecular weight excluding hydrogens is 300 g/mol. The Bertz CT molecular complexity index is 624. The van der Waals surface area contributed by atoms with Crippen LogP contribution in [0, 0.1) is 0 Å². The number of hydrogen-bond acceptors (Lipinski definition) is 5. The van der Waals surface area contributed by atoms with Gasteiger partial charge in [0.1, 0.15) is 5.60 Å². The number of rotatable bonds is 6. The molecule has 3 heterocycles. The van der Waals surface area contributed by atoms with Crippen molar-refractivity contribution in [2.45, 2.75) is 51.8 Å². The molecule has 0 bridgehead atoms. The summed E-state index contributed by atoms with van der Waals surface area (Å²) in [4.78, 5) is 15.6. The van der Waals surface area contributed by atoms with Gasteiger partial charge in [0.05, 0.1) is 0 Å². The minimum atomic E-state index is -0.321. The maximum Gasteiger partial charge on any atom is 0.159 e. The molecule has 0 aromatic carbocycles. The summed E-state index contributed by atoms with van der Waals surface area (Å²) >= 11 is 0. The maximum absolute atomic E-state index is 5.93. The summed E-state index contributed by atoms with van der Waals surface area (Å²) < 4.78 is 5.93. The van der Waals surface area contributed by atoms with Crippen molar-refractivity contribution >= 4 is 0 Å². The molecule has 1 unspecified atom stereocenters. The predicted octanol–water partition coefficient (Wildman–Crippen LogP) is 3.31. The molecular formula is C19H26N4O. The monoisotopic (exact) mass is 326 g/mol. The SMILES string of the molecule is CCN(Cc1ccncc1)Cc1cnc(C2(C)CCCCO2)nc1. The summed E-state index contributed by atoms with van der Waals surface area (Å²) in [5.74, 6) is 0.808. The van der Waals surface area contributed by atoms with Crippen LogP contribution in [-0.4, -0.2) is 33.0 Å². The van der Waals surface area contributed by atoms with Crippen molar-refractivity contribution in [1.29, 1.82) is 0 Å². The Morgan fingerprint density at radius 2 is 1.79 bits per heavy atom. The Morgan fingerprint density at radius 3 is 2.42 bits per heavy atom. The second-order valence-electron chi connectivity index (χ2n) is 6.61. The third kappa shape index (κ3) is 4.16. The summed E-state index contributed by atoms with van der Waals surface area (Å²) in [5, 5.41) is 0. The lowest BCUT2D eigenvalue weighted by Crippen LogP contribution is -2.32. The van der Waals surface area contributed by atoms with E-state index < -0.39 is 0 Å². The van der Waals surface area contributed by atoms with Crippen LogP contribution in [0.2, 0.25) is 0 Å². The summed E-state index contributed by atoms with van der Waals surface area (Å²) in [7, 11) is 0. The zero-order chi connectivity index (χ0) is 16.8. The van der Waals surface area contributed by atoms with Gasteiger partial charge in [0, 0.05) is 50.0 Å². The molecule has 24 heavy (non-hydrogen) atoms. The highest BCUT2D eigenvalue weighted by atomic mass is 16.5. The number of hydrogen-bond donors (Lipinski definition) is 0. The number of nitrogens with zero attached hydrogens (tertiary/aromatic N) is 4. The lowest BCUT2D eigenvalue weighted by molar-refractivity contribution is -0.0761. The van der Waals surface area contributed by atoms with E-state index >= 15 is 0 Å². The molecule has 1 fully saturated rings. The number of ether oxygens (including phenoxy) is 1. The van der Waals surface area contributed by atoms with Gasteiger partial charge in [0.15, 0.2) is 5.82 Å². The van der Waals surface area contributed by atoms with E-state index in [0.717, 1.165) is 50.5 Å². The summed E-state index contributed by atoms with van der Waals surface area (Å²) in [5.41, 5.74) is 2.08. The Morgan fingerprint density at radius 1 is 1.08 bits per heavy atom. The van der Waals surface area contributed by atoms with Gasteiger partial charge in [-0.3, -0.25) is 9.88 Å². The molecule has 0 saturated carbocycles. The normalized spacial score (nSPS) is 21.1. The second kappa shape index (κ2) is 7.81. The minimum Gasteiger partial charge on any atom is -0.367 e. The fourth-order valence-corrected chi connectivity index (χ4v) is 3.10. The molecule has 0 N–H and O–H groups in total. The van der Waals surface area contributed by atoms with E-state index in [4.69, 9.17) is 4.74 Å². The first-order valence-electron chi connectivity index (χ1n) is 8.76. The van der Waals surface area contributed by atoms with Crippen LogP contribution < -0.4 is 0 Å². The zero-order valence-electron chi connectivity index (χ0n) is 14.6. The van der Waals surface area contributed by atoms with Gasteiger partial charge < -0.3 is 4.74 Å². The smallest absolute Gasteiger partial charge is 0.159 e. The molecule has 1 atom stereocenters. The fourth-order valence-electron chi connectivity index (χ4n) is 3.10. The van der Waals surface area contributed by atoms with E-state index in [1.54, 1.807) is 0 Å². The molecule has 3 rings (SSSR count). The van der Waals surface area contributed by atoms with Crippen molar-refractivity contribution in [2.75, 3.05) is 13.2 Å². The molecule has 1 aliphatic rings. The molecule has 128 valence electrons. The number of pyridine rings is 1. The van der Waals surface area contributed by atoms with Gasteiger partial charge in [-0.2, -0.15) is 0 Å². The van der Waals surface area contributed by atoms with Gasteiger partial charge in [-0.05, 0) is 50.4 Å². The van der Waals surface area contributed by atoms with E-state index in [2.05, 4.69) is 45.8 Å². The third-order valence-electron chi connectivity index (χ3n) is 4.66. The Hall–Kier alpha value is -1.85. The summed E-state index contributed by atoms with van der Waals surface area (Å²) in [6.07, 6.45) is 10.9. The van der Waals surface area contributed by atoms with Crippen molar-refractivity contribution in [3.8, 4) is 0 Å². The first-order valence-corrected chi connectivity index (χ1v) is 8.76. The van der Waals surface area contributed by atoms with E-state index in [0.29, 0.717) is 0 Å². The molecule has 5 heteroatoms. The van der Waals surface area contributed by atoms with Crippen molar-refractivity contribution in [2.24, 2.45) is 0 Å². The van der Waals surface area contributed by atoms with Crippen LogP contribution in [0.15, 0.2) is 36.9 Å². The molecule has 0 amide bonds. The van der Waals surface area contributed by atoms with Gasteiger partial charge in [0.2, 0.25) is 0 Å². The topological polar surface area (TPSA) is 51.1 Å². The van der Waals surface area contributed by atoms with Crippen LogP contribution in [0.25, 0.3) is 0 Å². The van der Waals surface area contributed by atoms with Crippen LogP contribution in [-0.2, 0) is 23.4 Å². The molecule has 0 aliphatic carbocycles. The van der Waals surface area contributed by atoms with Crippen LogP contribution in [0.4, 0.5) is 0 Å².